The number of nitrogens with two attached hydrogens (primary N) is 2. The van der Waals surface area contributed by atoms with Crippen molar-refractivity contribution >= 4 is 11.4 Å². The summed E-state index contributed by atoms with van der Waals surface area (Å²) in [5.41, 5.74) is 12.9. The van der Waals surface area contributed by atoms with Crippen LogP contribution >= 0.6 is 0 Å². The van der Waals surface area contributed by atoms with Crippen molar-refractivity contribution in [3.63, 3.8) is 0 Å². The van der Waals surface area contributed by atoms with Crippen molar-refractivity contribution in [1.82, 2.24) is 0 Å². The zero-order valence-electron chi connectivity index (χ0n) is 19.3. The van der Waals surface area contributed by atoms with E-state index in [9.17, 15) is 0 Å². The minimum atomic E-state index is 0.650. The maximum Gasteiger partial charge on any atom is 0.131 e. The second-order valence-electron chi connectivity index (χ2n) is 7.97. The van der Waals surface area contributed by atoms with Gasteiger partial charge in [-0.3, -0.25) is 0 Å². The van der Waals surface area contributed by atoms with Crippen LogP contribution in [0, 0.1) is 0 Å². The molecule has 0 saturated carbocycles. The van der Waals surface area contributed by atoms with E-state index in [4.69, 9.17) is 30.4 Å². The van der Waals surface area contributed by atoms with Crippen molar-refractivity contribution in [3.8, 4) is 46.0 Å². The molecule has 0 unspecified atom stereocenters. The third-order valence-corrected chi connectivity index (χ3v) is 5.11. The lowest BCUT2D eigenvalue weighted by molar-refractivity contribution is 0.454. The van der Waals surface area contributed by atoms with Crippen molar-refractivity contribution in [2.45, 2.75) is 0 Å². The molecular formula is C30H24N2O4. The molecule has 6 nitrogen and oxygen atoms in total. The zero-order valence-corrected chi connectivity index (χ0v) is 19.3. The first-order valence-corrected chi connectivity index (χ1v) is 11.3. The summed E-state index contributed by atoms with van der Waals surface area (Å²) in [5, 5.41) is 0. The molecule has 4 N–H and O–H groups in total. The van der Waals surface area contributed by atoms with Crippen LogP contribution in [0.25, 0.3) is 0 Å². The Bertz CT molecular complexity index is 1340. The van der Waals surface area contributed by atoms with Gasteiger partial charge in [0.25, 0.3) is 0 Å². The number of ether oxygens (including phenoxy) is 4. The van der Waals surface area contributed by atoms with Crippen LogP contribution in [0.2, 0.25) is 0 Å². The highest BCUT2D eigenvalue weighted by molar-refractivity contribution is 5.47. The van der Waals surface area contributed by atoms with E-state index in [1.54, 1.807) is 12.1 Å². The molecule has 0 saturated heterocycles. The average Bonchev–Trinajstić information content (AvgIpc) is 2.87. The molecular weight excluding hydrogens is 452 g/mol. The fraction of sp³-hybridized carbons (Fsp3) is 0. The van der Waals surface area contributed by atoms with Gasteiger partial charge in [-0.1, -0.05) is 18.2 Å². The first-order chi connectivity index (χ1) is 17.6. The summed E-state index contributed by atoms with van der Waals surface area (Å²) in [4.78, 5) is 0. The second kappa shape index (κ2) is 10.4. The van der Waals surface area contributed by atoms with E-state index in [0.717, 1.165) is 0 Å². The summed E-state index contributed by atoms with van der Waals surface area (Å²) in [7, 11) is 0. The summed E-state index contributed by atoms with van der Waals surface area (Å²) in [6.45, 7) is 0. The topological polar surface area (TPSA) is 89.0 Å². The number of hydrogen-bond acceptors (Lipinski definition) is 6. The van der Waals surface area contributed by atoms with Gasteiger partial charge in [0.1, 0.15) is 46.0 Å². The Morgan fingerprint density at radius 2 is 0.583 bits per heavy atom. The highest BCUT2D eigenvalue weighted by Gasteiger charge is 2.05. The molecule has 0 aliphatic rings. The molecule has 178 valence electrons. The fourth-order valence-electron chi connectivity index (χ4n) is 3.45. The zero-order chi connectivity index (χ0) is 24.7. The van der Waals surface area contributed by atoms with Gasteiger partial charge in [-0.2, -0.15) is 0 Å². The first kappa shape index (κ1) is 22.7. The van der Waals surface area contributed by atoms with Gasteiger partial charge in [-0.05, 0) is 84.9 Å². The molecule has 0 atom stereocenters. The SMILES string of the molecule is Nc1cccc(Oc2ccc(Oc3cccc(Oc4ccc(Oc5cccc(N)c5)cc4)c3)cc2)c1. The highest BCUT2D eigenvalue weighted by atomic mass is 16.5. The second-order valence-corrected chi connectivity index (χ2v) is 7.97. The minimum absolute atomic E-state index is 0.650. The smallest absolute Gasteiger partial charge is 0.131 e. The van der Waals surface area contributed by atoms with Gasteiger partial charge in [-0.25, -0.2) is 0 Å². The molecule has 5 aromatic carbocycles. The van der Waals surface area contributed by atoms with Crippen LogP contribution in [-0.4, -0.2) is 0 Å². The average molecular weight is 477 g/mol. The van der Waals surface area contributed by atoms with E-state index >= 15 is 0 Å². The number of rotatable bonds is 8. The molecule has 0 aliphatic heterocycles. The molecule has 36 heavy (non-hydrogen) atoms. The summed E-state index contributed by atoms with van der Waals surface area (Å²) in [6, 6.07) is 36.7. The molecule has 5 aromatic rings. The largest absolute Gasteiger partial charge is 0.457 e. The van der Waals surface area contributed by atoms with Crippen LogP contribution in [0.1, 0.15) is 0 Å². The van der Waals surface area contributed by atoms with E-state index in [1.807, 2.05) is 109 Å². The molecule has 0 aliphatic carbocycles. The normalized spacial score (nSPS) is 10.4. The maximum atomic E-state index is 5.99. The monoisotopic (exact) mass is 476 g/mol. The van der Waals surface area contributed by atoms with Crippen molar-refractivity contribution in [3.05, 3.63) is 121 Å². The Labute approximate surface area is 209 Å². The lowest BCUT2D eigenvalue weighted by atomic mass is 10.3. The number of hydrogen-bond donors (Lipinski definition) is 2. The van der Waals surface area contributed by atoms with Crippen molar-refractivity contribution in [2.75, 3.05) is 11.5 Å². The molecule has 5 rings (SSSR count). The van der Waals surface area contributed by atoms with E-state index < -0.39 is 0 Å². The van der Waals surface area contributed by atoms with E-state index in [0.29, 0.717) is 57.4 Å². The molecule has 0 radical (unpaired) electrons. The summed E-state index contributed by atoms with van der Waals surface area (Å²) in [5.74, 6) is 5.39. The van der Waals surface area contributed by atoms with E-state index in [1.165, 1.54) is 0 Å². The van der Waals surface area contributed by atoms with E-state index in [-0.39, 0.29) is 0 Å². The Morgan fingerprint density at radius 1 is 0.306 bits per heavy atom. The first-order valence-electron chi connectivity index (χ1n) is 11.3. The van der Waals surface area contributed by atoms with Crippen molar-refractivity contribution < 1.29 is 18.9 Å². The lowest BCUT2D eigenvalue weighted by Gasteiger charge is -2.11. The Morgan fingerprint density at radius 3 is 0.889 bits per heavy atom. The number of nitrogen functional groups attached to an aromatic ring is 2. The maximum absolute atomic E-state index is 5.99. The molecule has 0 amide bonds. The van der Waals surface area contributed by atoms with Gasteiger partial charge in [0, 0.05) is 29.6 Å². The van der Waals surface area contributed by atoms with Gasteiger partial charge < -0.3 is 30.4 Å². The van der Waals surface area contributed by atoms with Gasteiger partial charge in [0.2, 0.25) is 0 Å². The van der Waals surface area contributed by atoms with Crippen molar-refractivity contribution in [1.29, 1.82) is 0 Å². The van der Waals surface area contributed by atoms with Crippen molar-refractivity contribution in [2.24, 2.45) is 0 Å². The van der Waals surface area contributed by atoms with Crippen LogP contribution in [0.5, 0.6) is 46.0 Å². The summed E-state index contributed by atoms with van der Waals surface area (Å²) in [6.07, 6.45) is 0. The van der Waals surface area contributed by atoms with Crippen LogP contribution in [-0.2, 0) is 0 Å². The molecule has 0 spiro atoms. The highest BCUT2D eigenvalue weighted by Crippen LogP contribution is 2.32. The van der Waals surface area contributed by atoms with Crippen LogP contribution in [0.3, 0.4) is 0 Å². The molecule has 6 heteroatoms. The Hall–Kier alpha value is -5.10. The third kappa shape index (κ3) is 6.07. The summed E-state index contributed by atoms with van der Waals surface area (Å²) >= 11 is 0. The molecule has 0 bridgehead atoms. The standard InChI is InChI=1S/C30H24N2O4/c31-21-4-1-6-27(18-21)33-23-10-14-25(15-11-23)35-29-8-3-9-30(20-29)36-26-16-12-24(13-17-26)34-28-7-2-5-22(32)19-28/h1-20H,31-32H2. The Kier molecular flexibility index (Phi) is 6.58. The number of benzene rings is 5. The van der Waals surface area contributed by atoms with Gasteiger partial charge in [-0.15, -0.1) is 0 Å². The van der Waals surface area contributed by atoms with Crippen LogP contribution < -0.4 is 30.4 Å². The van der Waals surface area contributed by atoms with Gasteiger partial charge >= 0.3 is 0 Å². The molecule has 0 aromatic heterocycles. The molecule has 0 fully saturated rings. The molecule has 0 heterocycles. The Balaban J connectivity index is 1.19. The van der Waals surface area contributed by atoms with Gasteiger partial charge in [0.05, 0.1) is 0 Å². The summed E-state index contributed by atoms with van der Waals surface area (Å²) < 4.78 is 23.6. The van der Waals surface area contributed by atoms with Crippen LogP contribution in [0.15, 0.2) is 121 Å². The predicted molar refractivity (Wildman–Crippen MR) is 141 cm³/mol. The van der Waals surface area contributed by atoms with Gasteiger partial charge in [0.15, 0.2) is 0 Å². The fourth-order valence-corrected chi connectivity index (χ4v) is 3.45. The van der Waals surface area contributed by atoms with E-state index in [2.05, 4.69) is 0 Å². The quantitative estimate of drug-likeness (QED) is 0.220. The third-order valence-electron chi connectivity index (χ3n) is 5.11. The minimum Gasteiger partial charge on any atom is -0.457 e. The number of anilines is 2. The predicted octanol–water partition coefficient (Wildman–Crippen LogP) is 8.02. The van der Waals surface area contributed by atoms with Crippen LogP contribution in [0.4, 0.5) is 11.4 Å². The lowest BCUT2D eigenvalue weighted by Crippen LogP contribution is -1.89.